The number of nitrogens with zero attached hydrogens (tertiary/aromatic N) is 5. The zero-order valence-corrected chi connectivity index (χ0v) is 22.4. The summed E-state index contributed by atoms with van der Waals surface area (Å²) in [4.78, 5) is 2.15. The van der Waals surface area contributed by atoms with Crippen molar-refractivity contribution in [2.24, 2.45) is 0 Å². The molecule has 5 nitrogen and oxygen atoms in total. The molecule has 0 N–H and O–H groups in total. The van der Waals surface area contributed by atoms with E-state index in [2.05, 4.69) is 53.4 Å². The van der Waals surface area contributed by atoms with Crippen LogP contribution < -0.4 is 4.90 Å². The summed E-state index contributed by atoms with van der Waals surface area (Å²) in [6, 6.07) is 45.9. The molecule has 0 bridgehead atoms. The van der Waals surface area contributed by atoms with E-state index in [1.165, 1.54) is 0 Å². The Hall–Kier alpha value is -4.47. The van der Waals surface area contributed by atoms with Crippen LogP contribution in [0.2, 0.25) is 0 Å². The molecular weight excluding hydrogens is 649 g/mol. The molecule has 6 heteroatoms. The van der Waals surface area contributed by atoms with Crippen molar-refractivity contribution in [3.8, 4) is 11.4 Å². The summed E-state index contributed by atoms with van der Waals surface area (Å²) in [7, 11) is 0. The molecule has 38 heavy (non-hydrogen) atoms. The molecule has 0 radical (unpaired) electrons. The van der Waals surface area contributed by atoms with Crippen LogP contribution in [0.4, 0.5) is 17.1 Å². The minimum atomic E-state index is 0. The monoisotopic (exact) mass is 670 g/mol. The number of hydrogen-bond donors (Lipinski definition) is 0. The predicted octanol–water partition coefficient (Wildman–Crippen LogP) is 7.43. The molecule has 0 amide bonds. The van der Waals surface area contributed by atoms with Crippen LogP contribution in [0.25, 0.3) is 33.2 Å². The van der Waals surface area contributed by atoms with Crippen molar-refractivity contribution in [2.45, 2.75) is 0 Å². The molecule has 7 aromatic rings. The third-order valence-corrected chi connectivity index (χ3v) is 6.35. The van der Waals surface area contributed by atoms with E-state index < -0.39 is 0 Å². The molecule has 184 valence electrons. The number of aromatic nitrogens is 4. The molecule has 0 saturated heterocycles. The third-order valence-electron chi connectivity index (χ3n) is 6.35. The molecule has 0 spiro atoms. The second-order valence-electron chi connectivity index (χ2n) is 8.78. The molecule has 0 aliphatic carbocycles. The quantitative estimate of drug-likeness (QED) is 0.179. The van der Waals surface area contributed by atoms with Crippen molar-refractivity contribution >= 4 is 38.9 Å². The first kappa shape index (κ1) is 23.9. The minimum absolute atomic E-state index is 0. The first-order valence-corrected chi connectivity index (χ1v) is 12.1. The van der Waals surface area contributed by atoms with Crippen LogP contribution in [0.3, 0.4) is 0 Å². The van der Waals surface area contributed by atoms with Gasteiger partial charge in [0.15, 0.2) is 0 Å². The summed E-state index contributed by atoms with van der Waals surface area (Å²) in [5.41, 5.74) is 6.43. The van der Waals surface area contributed by atoms with Gasteiger partial charge >= 0.3 is 21.1 Å². The number of hydrogen-bond acceptors (Lipinski definition) is 3. The number of benzene rings is 5. The molecule has 2 heterocycles. The van der Waals surface area contributed by atoms with E-state index >= 15 is 0 Å². The Bertz CT molecular complexity index is 1670. The van der Waals surface area contributed by atoms with Gasteiger partial charge < -0.3 is 4.90 Å². The number of fused-ring (bicyclic) bond motifs is 2. The molecular formula is C32H21N5Pt. The van der Waals surface area contributed by atoms with Gasteiger partial charge in [-0.2, -0.15) is 22.3 Å². The van der Waals surface area contributed by atoms with E-state index in [4.69, 9.17) is 10.2 Å². The van der Waals surface area contributed by atoms with Gasteiger partial charge in [0.2, 0.25) is 0 Å². The SMILES string of the molecule is [Pt+2].[c-]1c(N(c2[c-]c(-n3cc4ccccc4n3)ccc2)c2ccccc2)cccc1-n1cc2ccccc2n1. The van der Waals surface area contributed by atoms with Gasteiger partial charge in [-0.15, -0.1) is 36.4 Å². The molecule has 0 aliphatic heterocycles. The summed E-state index contributed by atoms with van der Waals surface area (Å²) in [6.07, 6.45) is 4.07. The van der Waals surface area contributed by atoms with Crippen molar-refractivity contribution in [1.82, 2.24) is 19.6 Å². The standard InChI is InChI=1S/C32H21N5.Pt/c1-2-12-26(13-3-1)37(29-16-8-14-27(20-29)35-22-24-10-4-6-18-31(24)33-35)30-17-9-15-28(21-30)36-23-25-11-5-7-19-32(25)34-36;/h1-19,22-23H;/q-2;+2. The smallest absolute Gasteiger partial charge is 0.358 e. The number of anilines is 3. The largest absolute Gasteiger partial charge is 2.00 e. The average Bonchev–Trinajstić information content (AvgIpc) is 3.59. The van der Waals surface area contributed by atoms with Gasteiger partial charge in [0.25, 0.3) is 0 Å². The van der Waals surface area contributed by atoms with Gasteiger partial charge in [0, 0.05) is 28.9 Å². The summed E-state index contributed by atoms with van der Waals surface area (Å²) in [5, 5.41) is 11.7. The Labute approximate surface area is 234 Å². The van der Waals surface area contributed by atoms with Crippen molar-refractivity contribution in [3.05, 3.63) is 140 Å². The van der Waals surface area contributed by atoms with E-state index in [1.807, 2.05) is 101 Å². The summed E-state index contributed by atoms with van der Waals surface area (Å²) in [5.74, 6) is 0. The van der Waals surface area contributed by atoms with Crippen molar-refractivity contribution in [1.29, 1.82) is 0 Å². The van der Waals surface area contributed by atoms with Crippen LogP contribution in [0.5, 0.6) is 0 Å². The van der Waals surface area contributed by atoms with Crippen LogP contribution >= 0.6 is 0 Å². The van der Waals surface area contributed by atoms with Crippen LogP contribution in [0.15, 0.2) is 128 Å². The Kier molecular flexibility index (Phi) is 6.36. The minimum Gasteiger partial charge on any atom is -0.358 e. The topological polar surface area (TPSA) is 38.9 Å². The maximum atomic E-state index is 4.75. The molecule has 0 aliphatic rings. The second-order valence-corrected chi connectivity index (χ2v) is 8.78. The van der Waals surface area contributed by atoms with Crippen molar-refractivity contribution < 1.29 is 21.1 Å². The fraction of sp³-hybridized carbons (Fsp3) is 0. The Balaban J connectivity index is 0.00000264. The molecule has 7 rings (SSSR count). The van der Waals surface area contributed by atoms with E-state index in [9.17, 15) is 0 Å². The van der Waals surface area contributed by atoms with Crippen molar-refractivity contribution in [3.63, 3.8) is 0 Å². The van der Waals surface area contributed by atoms with Crippen molar-refractivity contribution in [2.75, 3.05) is 4.90 Å². The second kappa shape index (κ2) is 10.1. The fourth-order valence-corrected chi connectivity index (χ4v) is 4.58. The van der Waals surface area contributed by atoms with Crippen LogP contribution in [0, 0.1) is 12.1 Å². The molecule has 0 atom stereocenters. The number of para-hydroxylation sites is 1. The van der Waals surface area contributed by atoms with Crippen LogP contribution in [-0.4, -0.2) is 19.6 Å². The molecule has 5 aromatic carbocycles. The summed E-state index contributed by atoms with van der Waals surface area (Å²) < 4.78 is 3.76. The van der Waals surface area contributed by atoms with Gasteiger partial charge in [0.05, 0.1) is 11.0 Å². The molecule has 0 saturated carbocycles. The fourth-order valence-electron chi connectivity index (χ4n) is 4.58. The Morgan fingerprint density at radius 2 is 0.974 bits per heavy atom. The maximum Gasteiger partial charge on any atom is 2.00 e. The molecule has 0 fully saturated rings. The number of rotatable bonds is 5. The van der Waals surface area contributed by atoms with E-state index in [0.717, 1.165) is 50.2 Å². The zero-order chi connectivity index (χ0) is 24.6. The first-order valence-electron chi connectivity index (χ1n) is 12.1. The van der Waals surface area contributed by atoms with Crippen LogP contribution in [0.1, 0.15) is 0 Å². The summed E-state index contributed by atoms with van der Waals surface area (Å²) in [6.45, 7) is 0. The Morgan fingerprint density at radius 1 is 0.500 bits per heavy atom. The van der Waals surface area contributed by atoms with Gasteiger partial charge in [-0.1, -0.05) is 66.0 Å². The Morgan fingerprint density at radius 3 is 1.47 bits per heavy atom. The zero-order valence-electron chi connectivity index (χ0n) is 20.2. The van der Waals surface area contributed by atoms with Gasteiger partial charge in [-0.05, 0) is 35.6 Å². The maximum absolute atomic E-state index is 4.75. The third kappa shape index (κ3) is 4.42. The van der Waals surface area contributed by atoms with E-state index in [-0.39, 0.29) is 21.1 Å². The normalized spacial score (nSPS) is 10.9. The van der Waals surface area contributed by atoms with Gasteiger partial charge in [0.1, 0.15) is 0 Å². The van der Waals surface area contributed by atoms with Gasteiger partial charge in [-0.3, -0.25) is 9.36 Å². The van der Waals surface area contributed by atoms with Gasteiger partial charge in [-0.25, -0.2) is 0 Å². The predicted molar refractivity (Wildman–Crippen MR) is 148 cm³/mol. The molecule has 2 aromatic heterocycles. The average molecular weight is 671 g/mol. The first-order chi connectivity index (χ1) is 18.3. The summed E-state index contributed by atoms with van der Waals surface area (Å²) >= 11 is 0. The molecule has 0 unspecified atom stereocenters. The van der Waals surface area contributed by atoms with E-state index in [1.54, 1.807) is 0 Å². The van der Waals surface area contributed by atoms with Crippen LogP contribution in [-0.2, 0) is 21.1 Å². The van der Waals surface area contributed by atoms with E-state index in [0.29, 0.717) is 0 Å².